The Labute approximate surface area is 159 Å². The van der Waals surface area contributed by atoms with Crippen LogP contribution >= 0.6 is 0 Å². The van der Waals surface area contributed by atoms with E-state index in [0.29, 0.717) is 25.1 Å². The summed E-state index contributed by atoms with van der Waals surface area (Å²) in [6, 6.07) is 5.11. The predicted molar refractivity (Wildman–Crippen MR) is 98.4 cm³/mol. The number of hydrogen-bond acceptors (Lipinski definition) is 6. The number of nitrogens with two attached hydrogens (primary N) is 1. The molecule has 0 unspecified atom stereocenters. The molecule has 1 saturated heterocycles. The van der Waals surface area contributed by atoms with E-state index in [-0.39, 0.29) is 28.8 Å². The van der Waals surface area contributed by atoms with Crippen molar-refractivity contribution in [1.29, 1.82) is 0 Å². The van der Waals surface area contributed by atoms with Gasteiger partial charge in [-0.25, -0.2) is 14.1 Å². The molecule has 142 valence electrons. The van der Waals surface area contributed by atoms with Crippen molar-refractivity contribution in [2.24, 2.45) is 0 Å². The molecule has 1 aliphatic heterocycles. The molecular weight excluding hydrogens is 363 g/mol. The van der Waals surface area contributed by atoms with Gasteiger partial charge in [-0.15, -0.1) is 0 Å². The Morgan fingerprint density at radius 1 is 1.21 bits per heavy atom. The standard InChI is InChI=1S/C19H17FN6O2/c20-12-3-1-4-13(9-12)26-18(21)14(10-24-26)17(27)16-5-2-8-25(16)19(28)15-11-22-6-7-23-15/h1,3-4,6-7,9-11,16H,2,5,8,21H2/t16-/m1/s1. The van der Waals surface area contributed by atoms with Gasteiger partial charge in [0.2, 0.25) is 0 Å². The average molecular weight is 380 g/mol. The Kier molecular flexibility index (Phi) is 4.56. The number of carbonyl (C=O) groups excluding carboxylic acids is 2. The number of amides is 1. The number of nitrogens with zero attached hydrogens (tertiary/aromatic N) is 5. The molecule has 3 heterocycles. The highest BCUT2D eigenvalue weighted by Crippen LogP contribution is 2.26. The minimum Gasteiger partial charge on any atom is -0.383 e. The zero-order valence-electron chi connectivity index (χ0n) is 14.8. The first-order valence-electron chi connectivity index (χ1n) is 8.77. The monoisotopic (exact) mass is 380 g/mol. The SMILES string of the molecule is Nc1c(C(=O)[C@H]2CCCN2C(=O)c2cnccn2)cnn1-c1cccc(F)c1. The molecular formula is C19H17FN6O2. The minimum atomic E-state index is -0.651. The van der Waals surface area contributed by atoms with Crippen LogP contribution in [0.15, 0.2) is 49.1 Å². The highest BCUT2D eigenvalue weighted by atomic mass is 19.1. The summed E-state index contributed by atoms with van der Waals surface area (Å²) in [6.07, 6.45) is 6.85. The lowest BCUT2D eigenvalue weighted by atomic mass is 10.0. The molecule has 28 heavy (non-hydrogen) atoms. The maximum atomic E-state index is 13.5. The molecule has 1 aliphatic rings. The molecule has 0 saturated carbocycles. The first-order chi connectivity index (χ1) is 13.6. The fraction of sp³-hybridized carbons (Fsp3) is 0.211. The van der Waals surface area contributed by atoms with E-state index in [0.717, 1.165) is 0 Å². The van der Waals surface area contributed by atoms with Crippen molar-refractivity contribution in [2.45, 2.75) is 18.9 Å². The zero-order chi connectivity index (χ0) is 19.7. The fourth-order valence-corrected chi connectivity index (χ4v) is 3.38. The van der Waals surface area contributed by atoms with E-state index in [1.165, 1.54) is 52.6 Å². The molecule has 1 atom stereocenters. The van der Waals surface area contributed by atoms with Crippen molar-refractivity contribution in [1.82, 2.24) is 24.6 Å². The number of rotatable bonds is 4. The van der Waals surface area contributed by atoms with E-state index in [9.17, 15) is 14.0 Å². The first-order valence-corrected chi connectivity index (χ1v) is 8.77. The van der Waals surface area contributed by atoms with Crippen molar-refractivity contribution < 1.29 is 14.0 Å². The second-order valence-electron chi connectivity index (χ2n) is 6.45. The third-order valence-corrected chi connectivity index (χ3v) is 4.72. The Bertz CT molecular complexity index is 1040. The second-order valence-corrected chi connectivity index (χ2v) is 6.45. The number of carbonyl (C=O) groups is 2. The maximum absolute atomic E-state index is 13.5. The van der Waals surface area contributed by atoms with Gasteiger partial charge in [-0.3, -0.25) is 14.6 Å². The summed E-state index contributed by atoms with van der Waals surface area (Å²) >= 11 is 0. The maximum Gasteiger partial charge on any atom is 0.274 e. The third-order valence-electron chi connectivity index (χ3n) is 4.72. The molecule has 1 amide bonds. The van der Waals surface area contributed by atoms with E-state index < -0.39 is 11.9 Å². The average Bonchev–Trinajstić information content (AvgIpc) is 3.34. The van der Waals surface area contributed by atoms with E-state index in [1.54, 1.807) is 6.07 Å². The lowest BCUT2D eigenvalue weighted by Gasteiger charge is -2.23. The quantitative estimate of drug-likeness (QED) is 0.693. The fourth-order valence-electron chi connectivity index (χ4n) is 3.38. The van der Waals surface area contributed by atoms with Crippen LogP contribution in [-0.4, -0.2) is 48.9 Å². The topological polar surface area (TPSA) is 107 Å². The summed E-state index contributed by atoms with van der Waals surface area (Å²) in [4.78, 5) is 35.2. The Hall–Kier alpha value is -3.62. The van der Waals surface area contributed by atoms with Crippen molar-refractivity contribution >= 4 is 17.5 Å². The Morgan fingerprint density at radius 3 is 2.82 bits per heavy atom. The second kappa shape index (κ2) is 7.18. The summed E-state index contributed by atoms with van der Waals surface area (Å²) < 4.78 is 14.8. The number of ketones is 1. The molecule has 9 heteroatoms. The van der Waals surface area contributed by atoms with Crippen LogP contribution in [0.4, 0.5) is 10.2 Å². The van der Waals surface area contributed by atoms with Crippen LogP contribution in [0.3, 0.4) is 0 Å². The van der Waals surface area contributed by atoms with Gasteiger partial charge >= 0.3 is 0 Å². The van der Waals surface area contributed by atoms with Gasteiger partial charge in [0.15, 0.2) is 5.78 Å². The Balaban J connectivity index is 1.62. The number of nitrogen functional groups attached to an aromatic ring is 1. The van der Waals surface area contributed by atoms with Crippen LogP contribution in [0.25, 0.3) is 5.69 Å². The van der Waals surface area contributed by atoms with Gasteiger partial charge in [0.25, 0.3) is 5.91 Å². The van der Waals surface area contributed by atoms with Crippen molar-refractivity contribution in [3.63, 3.8) is 0 Å². The Morgan fingerprint density at radius 2 is 2.07 bits per heavy atom. The molecule has 0 aliphatic carbocycles. The van der Waals surface area contributed by atoms with Gasteiger partial charge in [-0.1, -0.05) is 6.07 Å². The lowest BCUT2D eigenvalue weighted by Crippen LogP contribution is -2.41. The van der Waals surface area contributed by atoms with Gasteiger partial charge in [0.05, 0.1) is 29.7 Å². The van der Waals surface area contributed by atoms with Crippen LogP contribution in [0.2, 0.25) is 0 Å². The highest BCUT2D eigenvalue weighted by molar-refractivity contribution is 6.06. The third kappa shape index (κ3) is 3.11. The molecule has 0 bridgehead atoms. The largest absolute Gasteiger partial charge is 0.383 e. The van der Waals surface area contributed by atoms with E-state index in [1.807, 2.05) is 0 Å². The normalized spacial score (nSPS) is 16.3. The van der Waals surface area contributed by atoms with Crippen molar-refractivity contribution in [2.75, 3.05) is 12.3 Å². The van der Waals surface area contributed by atoms with Gasteiger partial charge in [0, 0.05) is 18.9 Å². The van der Waals surface area contributed by atoms with E-state index in [2.05, 4.69) is 15.1 Å². The molecule has 4 rings (SSSR count). The minimum absolute atomic E-state index is 0.106. The van der Waals surface area contributed by atoms with Crippen LogP contribution in [-0.2, 0) is 0 Å². The number of hydrogen-bond donors (Lipinski definition) is 1. The number of aromatic nitrogens is 4. The van der Waals surface area contributed by atoms with Gasteiger partial charge in [-0.2, -0.15) is 5.10 Å². The molecule has 1 aromatic carbocycles. The smallest absolute Gasteiger partial charge is 0.274 e. The van der Waals surface area contributed by atoms with Crippen molar-refractivity contribution in [3.05, 3.63) is 66.1 Å². The molecule has 0 spiro atoms. The van der Waals surface area contributed by atoms with Crippen LogP contribution in [0.5, 0.6) is 0 Å². The molecule has 2 N–H and O–H groups in total. The molecule has 0 radical (unpaired) electrons. The number of halogens is 1. The van der Waals surface area contributed by atoms with E-state index in [4.69, 9.17) is 5.73 Å². The summed E-state index contributed by atoms with van der Waals surface area (Å²) in [5.41, 5.74) is 6.92. The number of Topliss-reactive ketones (excluding diaryl/α,β-unsaturated/α-hetero) is 1. The highest BCUT2D eigenvalue weighted by Gasteiger charge is 2.37. The number of benzene rings is 1. The number of likely N-dealkylation sites (tertiary alicyclic amines) is 1. The van der Waals surface area contributed by atoms with Gasteiger partial charge in [0.1, 0.15) is 17.3 Å². The molecule has 1 fully saturated rings. The first kappa shape index (κ1) is 17.8. The molecule has 8 nitrogen and oxygen atoms in total. The summed E-state index contributed by atoms with van der Waals surface area (Å²) in [7, 11) is 0. The van der Waals surface area contributed by atoms with Crippen LogP contribution in [0.1, 0.15) is 33.7 Å². The van der Waals surface area contributed by atoms with Crippen molar-refractivity contribution in [3.8, 4) is 5.69 Å². The van der Waals surface area contributed by atoms with Crippen LogP contribution in [0, 0.1) is 5.82 Å². The van der Waals surface area contributed by atoms with Crippen LogP contribution < -0.4 is 5.73 Å². The van der Waals surface area contributed by atoms with E-state index >= 15 is 0 Å². The van der Waals surface area contributed by atoms with Gasteiger partial charge in [-0.05, 0) is 31.0 Å². The number of anilines is 1. The zero-order valence-corrected chi connectivity index (χ0v) is 14.8. The molecule has 3 aromatic rings. The van der Waals surface area contributed by atoms with Gasteiger partial charge < -0.3 is 10.6 Å². The predicted octanol–water partition coefficient (Wildman–Crippen LogP) is 1.87. The lowest BCUT2D eigenvalue weighted by molar-refractivity contribution is 0.0667. The summed E-state index contributed by atoms with van der Waals surface area (Å²) in [5, 5.41) is 4.13. The summed E-state index contributed by atoms with van der Waals surface area (Å²) in [6.45, 7) is 0.448. The molecule has 2 aromatic heterocycles. The summed E-state index contributed by atoms with van der Waals surface area (Å²) in [5.74, 6) is -0.971.